The second-order valence-corrected chi connectivity index (χ2v) is 5.44. The summed E-state index contributed by atoms with van der Waals surface area (Å²) in [5.74, 6) is -0.946. The van der Waals surface area contributed by atoms with Crippen LogP contribution in [0.1, 0.15) is 12.5 Å². The summed E-state index contributed by atoms with van der Waals surface area (Å²) in [4.78, 5) is 25.2. The summed E-state index contributed by atoms with van der Waals surface area (Å²) in [5, 5.41) is 3.09. The smallest absolute Gasteiger partial charge is 0.244 e. The van der Waals surface area contributed by atoms with Gasteiger partial charge in [0.2, 0.25) is 11.8 Å². The minimum absolute atomic E-state index is 0.113. The first-order valence-electron chi connectivity index (χ1n) is 7.00. The van der Waals surface area contributed by atoms with Gasteiger partial charge in [0, 0.05) is 13.5 Å². The van der Waals surface area contributed by atoms with Crippen LogP contribution in [-0.4, -0.2) is 23.3 Å². The number of hydrogen-bond donors (Lipinski definition) is 1. The number of para-hydroxylation sites is 1. The van der Waals surface area contributed by atoms with E-state index in [1.807, 2.05) is 0 Å². The molecule has 6 heteroatoms. The Labute approximate surface area is 138 Å². The Kier molecular flexibility index (Phi) is 5.71. The fourth-order valence-electron chi connectivity index (χ4n) is 2.01. The maximum Gasteiger partial charge on any atom is 0.244 e. The largest absolute Gasteiger partial charge is 0.329 e. The Balaban J connectivity index is 2.01. The first-order valence-corrected chi connectivity index (χ1v) is 7.38. The predicted octanol–water partition coefficient (Wildman–Crippen LogP) is 3.47. The van der Waals surface area contributed by atoms with Gasteiger partial charge < -0.3 is 10.2 Å². The van der Waals surface area contributed by atoms with Crippen LogP contribution in [0.15, 0.2) is 48.5 Å². The minimum Gasteiger partial charge on any atom is -0.329 e. The second-order valence-electron chi connectivity index (χ2n) is 5.03. The molecule has 0 bridgehead atoms. The summed E-state index contributed by atoms with van der Waals surface area (Å²) >= 11 is 5.98. The van der Waals surface area contributed by atoms with Gasteiger partial charge in [0.05, 0.1) is 10.7 Å². The van der Waals surface area contributed by atoms with Gasteiger partial charge in [-0.05, 0) is 29.8 Å². The molecular formula is C17H16ClFN2O2. The summed E-state index contributed by atoms with van der Waals surface area (Å²) in [7, 11) is 0. The van der Waals surface area contributed by atoms with Crippen LogP contribution in [0.3, 0.4) is 0 Å². The molecule has 2 rings (SSSR count). The summed E-state index contributed by atoms with van der Waals surface area (Å²) in [6.07, 6.45) is 0. The molecule has 0 spiro atoms. The van der Waals surface area contributed by atoms with Crippen LogP contribution >= 0.6 is 11.6 Å². The van der Waals surface area contributed by atoms with E-state index >= 15 is 0 Å². The summed E-state index contributed by atoms with van der Waals surface area (Å²) in [6, 6.07) is 12.7. The van der Waals surface area contributed by atoms with Crippen molar-refractivity contribution < 1.29 is 14.0 Å². The van der Waals surface area contributed by atoms with E-state index in [9.17, 15) is 14.0 Å². The molecule has 4 nitrogen and oxygen atoms in total. The van der Waals surface area contributed by atoms with Gasteiger partial charge in [0.1, 0.15) is 12.4 Å². The van der Waals surface area contributed by atoms with Crippen molar-refractivity contribution in [3.63, 3.8) is 0 Å². The zero-order valence-electron chi connectivity index (χ0n) is 12.6. The lowest BCUT2D eigenvalue weighted by molar-refractivity contribution is -0.133. The van der Waals surface area contributed by atoms with Crippen LogP contribution < -0.4 is 5.32 Å². The summed E-state index contributed by atoms with van der Waals surface area (Å²) in [5.41, 5.74) is 1.23. The number of hydrogen-bond acceptors (Lipinski definition) is 2. The lowest BCUT2D eigenvalue weighted by Gasteiger charge is -2.21. The van der Waals surface area contributed by atoms with Gasteiger partial charge in [-0.15, -0.1) is 0 Å². The molecule has 1 N–H and O–H groups in total. The van der Waals surface area contributed by atoms with E-state index < -0.39 is 0 Å². The fourth-order valence-corrected chi connectivity index (χ4v) is 2.20. The molecule has 0 aromatic heterocycles. The first kappa shape index (κ1) is 17.0. The van der Waals surface area contributed by atoms with Crippen LogP contribution in [0.5, 0.6) is 0 Å². The Morgan fingerprint density at radius 3 is 2.39 bits per heavy atom. The Bertz CT molecular complexity index is 704. The monoisotopic (exact) mass is 334 g/mol. The third-order valence-corrected chi connectivity index (χ3v) is 3.54. The van der Waals surface area contributed by atoms with Gasteiger partial charge in [-0.1, -0.05) is 35.9 Å². The van der Waals surface area contributed by atoms with Crippen molar-refractivity contribution in [1.29, 1.82) is 0 Å². The van der Waals surface area contributed by atoms with E-state index in [4.69, 9.17) is 11.6 Å². The number of amides is 2. The number of nitrogens with zero attached hydrogens (tertiary/aromatic N) is 1. The van der Waals surface area contributed by atoms with E-state index in [0.29, 0.717) is 10.7 Å². The quantitative estimate of drug-likeness (QED) is 0.910. The SMILES string of the molecule is CC(=O)N(CC(=O)Nc1ccccc1Cl)Cc1ccc(F)cc1. The number of halogens is 2. The van der Waals surface area contributed by atoms with E-state index in [1.54, 1.807) is 36.4 Å². The molecule has 0 saturated heterocycles. The van der Waals surface area contributed by atoms with Crippen molar-refractivity contribution in [2.24, 2.45) is 0 Å². The fraction of sp³-hybridized carbons (Fsp3) is 0.176. The van der Waals surface area contributed by atoms with E-state index in [-0.39, 0.29) is 30.7 Å². The van der Waals surface area contributed by atoms with Crippen molar-refractivity contribution in [2.75, 3.05) is 11.9 Å². The van der Waals surface area contributed by atoms with E-state index in [2.05, 4.69) is 5.32 Å². The molecule has 2 amide bonds. The average Bonchev–Trinajstić information content (AvgIpc) is 2.51. The second kappa shape index (κ2) is 7.74. The van der Waals surface area contributed by atoms with Gasteiger partial charge >= 0.3 is 0 Å². The standard InChI is InChI=1S/C17H16ClFN2O2/c1-12(22)21(10-13-6-8-14(19)9-7-13)11-17(23)20-16-5-3-2-4-15(16)18/h2-9H,10-11H2,1H3,(H,20,23). The zero-order chi connectivity index (χ0) is 16.8. The van der Waals surface area contributed by atoms with Gasteiger partial charge in [-0.2, -0.15) is 0 Å². The highest BCUT2D eigenvalue weighted by Gasteiger charge is 2.15. The molecule has 0 aliphatic carbocycles. The molecule has 0 radical (unpaired) electrons. The molecule has 0 unspecified atom stereocenters. The van der Waals surface area contributed by atoms with Crippen LogP contribution in [-0.2, 0) is 16.1 Å². The van der Waals surface area contributed by atoms with Gasteiger partial charge in [0.25, 0.3) is 0 Å². The number of carbonyl (C=O) groups is 2. The maximum atomic E-state index is 12.9. The molecule has 2 aromatic carbocycles. The van der Waals surface area contributed by atoms with Crippen LogP contribution in [0.25, 0.3) is 0 Å². The Morgan fingerprint density at radius 2 is 1.78 bits per heavy atom. The summed E-state index contributed by atoms with van der Waals surface area (Å²) < 4.78 is 12.9. The van der Waals surface area contributed by atoms with Crippen molar-refractivity contribution >= 4 is 29.1 Å². The Hall–Kier alpha value is -2.40. The molecule has 0 aliphatic heterocycles. The molecular weight excluding hydrogens is 319 g/mol. The van der Waals surface area contributed by atoms with E-state index in [1.165, 1.54) is 24.0 Å². The normalized spacial score (nSPS) is 10.2. The minimum atomic E-state index is -0.351. The molecule has 2 aromatic rings. The highest BCUT2D eigenvalue weighted by Crippen LogP contribution is 2.20. The van der Waals surface area contributed by atoms with Crippen molar-refractivity contribution in [2.45, 2.75) is 13.5 Å². The third-order valence-electron chi connectivity index (χ3n) is 3.21. The van der Waals surface area contributed by atoms with Crippen LogP contribution in [0.4, 0.5) is 10.1 Å². The van der Waals surface area contributed by atoms with Crippen molar-refractivity contribution in [3.05, 3.63) is 64.9 Å². The maximum absolute atomic E-state index is 12.9. The first-order chi connectivity index (χ1) is 11.0. The number of carbonyl (C=O) groups excluding carboxylic acids is 2. The predicted molar refractivity (Wildman–Crippen MR) is 87.6 cm³/mol. The molecule has 0 aliphatic rings. The average molecular weight is 335 g/mol. The van der Waals surface area contributed by atoms with Gasteiger partial charge in [-0.25, -0.2) is 4.39 Å². The van der Waals surface area contributed by atoms with E-state index in [0.717, 1.165) is 5.56 Å². The van der Waals surface area contributed by atoms with Crippen molar-refractivity contribution in [3.8, 4) is 0 Å². The highest BCUT2D eigenvalue weighted by molar-refractivity contribution is 6.33. The lowest BCUT2D eigenvalue weighted by Crippen LogP contribution is -2.36. The highest BCUT2D eigenvalue weighted by atomic mass is 35.5. The summed E-state index contributed by atoms with van der Waals surface area (Å²) in [6.45, 7) is 1.50. The molecule has 0 saturated carbocycles. The number of benzene rings is 2. The number of nitrogens with one attached hydrogen (secondary N) is 1. The number of rotatable bonds is 5. The molecule has 0 heterocycles. The molecule has 0 fully saturated rings. The third kappa shape index (κ3) is 5.07. The van der Waals surface area contributed by atoms with Crippen LogP contribution in [0, 0.1) is 5.82 Å². The van der Waals surface area contributed by atoms with Crippen LogP contribution in [0.2, 0.25) is 5.02 Å². The van der Waals surface area contributed by atoms with Gasteiger partial charge in [-0.3, -0.25) is 9.59 Å². The number of anilines is 1. The topological polar surface area (TPSA) is 49.4 Å². The molecule has 120 valence electrons. The molecule has 0 atom stereocenters. The van der Waals surface area contributed by atoms with Crippen molar-refractivity contribution in [1.82, 2.24) is 4.90 Å². The molecule has 23 heavy (non-hydrogen) atoms. The lowest BCUT2D eigenvalue weighted by atomic mass is 10.2. The van der Waals surface area contributed by atoms with Gasteiger partial charge in [0.15, 0.2) is 0 Å². The Morgan fingerprint density at radius 1 is 1.13 bits per heavy atom. The zero-order valence-corrected chi connectivity index (χ0v) is 13.3.